The molecule has 0 bridgehead atoms. The standard InChI is InChI=1S/C10H12O3S/c1-7-3-4-8(10(11)12)5-9(7)14-6-13-2/h3-5H,6H2,1-2H3,(H,11,12). The lowest BCUT2D eigenvalue weighted by atomic mass is 10.1. The van der Waals surface area contributed by atoms with E-state index in [0.29, 0.717) is 11.5 Å². The maximum Gasteiger partial charge on any atom is 0.335 e. The fraction of sp³-hybridized carbons (Fsp3) is 0.300. The van der Waals surface area contributed by atoms with Gasteiger partial charge in [-0.2, -0.15) is 0 Å². The van der Waals surface area contributed by atoms with Crippen molar-refractivity contribution in [1.82, 2.24) is 0 Å². The summed E-state index contributed by atoms with van der Waals surface area (Å²) in [5.41, 5.74) is 1.38. The highest BCUT2D eigenvalue weighted by Crippen LogP contribution is 2.23. The zero-order valence-electron chi connectivity index (χ0n) is 8.11. The second-order valence-corrected chi connectivity index (χ2v) is 3.80. The van der Waals surface area contributed by atoms with E-state index in [4.69, 9.17) is 9.84 Å². The van der Waals surface area contributed by atoms with Crippen molar-refractivity contribution in [2.24, 2.45) is 0 Å². The third kappa shape index (κ3) is 2.75. The summed E-state index contributed by atoms with van der Waals surface area (Å²) in [7, 11) is 1.61. The summed E-state index contributed by atoms with van der Waals surface area (Å²) in [6.07, 6.45) is 0. The molecule has 0 saturated heterocycles. The molecule has 1 rings (SSSR count). The van der Waals surface area contributed by atoms with Gasteiger partial charge in [-0.25, -0.2) is 4.79 Å². The molecular weight excluding hydrogens is 200 g/mol. The highest BCUT2D eigenvalue weighted by Gasteiger charge is 2.05. The van der Waals surface area contributed by atoms with E-state index in [9.17, 15) is 4.79 Å². The number of rotatable bonds is 4. The Balaban J connectivity index is 2.90. The van der Waals surface area contributed by atoms with Gasteiger partial charge in [0.15, 0.2) is 0 Å². The molecule has 1 aromatic rings. The van der Waals surface area contributed by atoms with Crippen LogP contribution in [0, 0.1) is 6.92 Å². The van der Waals surface area contributed by atoms with E-state index in [1.54, 1.807) is 25.3 Å². The Labute approximate surface area is 87.1 Å². The van der Waals surface area contributed by atoms with Crippen molar-refractivity contribution in [3.05, 3.63) is 29.3 Å². The van der Waals surface area contributed by atoms with Gasteiger partial charge in [0, 0.05) is 12.0 Å². The zero-order chi connectivity index (χ0) is 10.6. The summed E-state index contributed by atoms with van der Waals surface area (Å²) in [6, 6.07) is 5.08. The van der Waals surface area contributed by atoms with Crippen LogP contribution in [0.25, 0.3) is 0 Å². The summed E-state index contributed by atoms with van der Waals surface area (Å²) < 4.78 is 4.92. The minimum Gasteiger partial charge on any atom is -0.478 e. The predicted molar refractivity (Wildman–Crippen MR) is 55.9 cm³/mol. The van der Waals surface area contributed by atoms with Crippen molar-refractivity contribution in [2.75, 3.05) is 13.0 Å². The first kappa shape index (κ1) is 11.1. The topological polar surface area (TPSA) is 46.5 Å². The summed E-state index contributed by atoms with van der Waals surface area (Å²) in [5.74, 6) is -0.367. The van der Waals surface area contributed by atoms with Gasteiger partial charge in [0.05, 0.1) is 11.5 Å². The Hall–Kier alpha value is -1.00. The van der Waals surface area contributed by atoms with Crippen LogP contribution in [-0.2, 0) is 4.74 Å². The average molecular weight is 212 g/mol. The number of hydrogen-bond acceptors (Lipinski definition) is 3. The van der Waals surface area contributed by atoms with Crippen molar-refractivity contribution in [3.63, 3.8) is 0 Å². The van der Waals surface area contributed by atoms with Crippen molar-refractivity contribution >= 4 is 17.7 Å². The highest BCUT2D eigenvalue weighted by atomic mass is 32.2. The van der Waals surface area contributed by atoms with E-state index in [1.807, 2.05) is 6.92 Å². The van der Waals surface area contributed by atoms with E-state index in [1.165, 1.54) is 11.8 Å². The van der Waals surface area contributed by atoms with Gasteiger partial charge in [0.2, 0.25) is 0 Å². The van der Waals surface area contributed by atoms with Crippen LogP contribution in [-0.4, -0.2) is 24.1 Å². The molecule has 0 aliphatic rings. The molecule has 0 heterocycles. The molecule has 0 aliphatic heterocycles. The Morgan fingerprint density at radius 2 is 2.29 bits per heavy atom. The van der Waals surface area contributed by atoms with Crippen LogP contribution in [0.1, 0.15) is 15.9 Å². The smallest absolute Gasteiger partial charge is 0.335 e. The molecule has 14 heavy (non-hydrogen) atoms. The molecule has 1 N–H and O–H groups in total. The van der Waals surface area contributed by atoms with E-state index >= 15 is 0 Å². The number of benzene rings is 1. The Morgan fingerprint density at radius 1 is 1.57 bits per heavy atom. The summed E-state index contributed by atoms with van der Waals surface area (Å²) in [4.78, 5) is 11.6. The van der Waals surface area contributed by atoms with Gasteiger partial charge in [-0.3, -0.25) is 0 Å². The monoisotopic (exact) mass is 212 g/mol. The van der Waals surface area contributed by atoms with Crippen molar-refractivity contribution in [3.8, 4) is 0 Å². The second kappa shape index (κ2) is 5.02. The maximum absolute atomic E-state index is 10.7. The second-order valence-electron chi connectivity index (χ2n) is 2.84. The largest absolute Gasteiger partial charge is 0.478 e. The van der Waals surface area contributed by atoms with Gasteiger partial charge in [0.1, 0.15) is 0 Å². The van der Waals surface area contributed by atoms with E-state index in [2.05, 4.69) is 0 Å². The Bertz CT molecular complexity index is 336. The van der Waals surface area contributed by atoms with Crippen molar-refractivity contribution in [1.29, 1.82) is 0 Å². The molecule has 0 saturated carbocycles. The normalized spacial score (nSPS) is 10.1. The molecule has 76 valence electrons. The first-order valence-corrected chi connectivity index (χ1v) is 5.09. The Morgan fingerprint density at radius 3 is 2.86 bits per heavy atom. The van der Waals surface area contributed by atoms with Gasteiger partial charge < -0.3 is 9.84 Å². The first-order chi connectivity index (χ1) is 6.65. The number of ether oxygens (including phenoxy) is 1. The minimum absolute atomic E-state index is 0.314. The SMILES string of the molecule is COCSc1cc(C(=O)O)ccc1C. The lowest BCUT2D eigenvalue weighted by molar-refractivity contribution is 0.0696. The van der Waals surface area contributed by atoms with Crippen molar-refractivity contribution in [2.45, 2.75) is 11.8 Å². The highest BCUT2D eigenvalue weighted by molar-refractivity contribution is 7.99. The van der Waals surface area contributed by atoms with E-state index in [0.717, 1.165) is 10.5 Å². The minimum atomic E-state index is -0.899. The van der Waals surface area contributed by atoms with Gasteiger partial charge in [-0.05, 0) is 24.6 Å². The lowest BCUT2D eigenvalue weighted by Crippen LogP contribution is -1.97. The van der Waals surface area contributed by atoms with Crippen LogP contribution in [0.5, 0.6) is 0 Å². The van der Waals surface area contributed by atoms with Gasteiger partial charge in [-0.15, -0.1) is 0 Å². The molecule has 1 aromatic carbocycles. The molecule has 0 fully saturated rings. The van der Waals surface area contributed by atoms with Gasteiger partial charge in [0.25, 0.3) is 0 Å². The molecule has 0 spiro atoms. The third-order valence-electron chi connectivity index (χ3n) is 1.77. The summed E-state index contributed by atoms with van der Waals surface area (Å²) >= 11 is 1.49. The number of aromatic carboxylic acids is 1. The quantitative estimate of drug-likeness (QED) is 0.615. The fourth-order valence-electron chi connectivity index (χ4n) is 1.01. The van der Waals surface area contributed by atoms with Crippen LogP contribution in [0.3, 0.4) is 0 Å². The van der Waals surface area contributed by atoms with Crippen LogP contribution in [0.15, 0.2) is 23.1 Å². The molecule has 3 nitrogen and oxygen atoms in total. The average Bonchev–Trinajstić information content (AvgIpc) is 2.16. The number of hydrogen-bond donors (Lipinski definition) is 1. The number of aryl methyl sites for hydroxylation is 1. The van der Waals surface area contributed by atoms with Crippen LogP contribution in [0.2, 0.25) is 0 Å². The number of carboxylic acid groups (broad SMARTS) is 1. The predicted octanol–water partition coefficient (Wildman–Crippen LogP) is 2.39. The third-order valence-corrected chi connectivity index (χ3v) is 2.87. The summed E-state index contributed by atoms with van der Waals surface area (Å²) in [5, 5.41) is 8.79. The van der Waals surface area contributed by atoms with Crippen molar-refractivity contribution < 1.29 is 14.6 Å². The summed E-state index contributed by atoms with van der Waals surface area (Å²) in [6.45, 7) is 1.95. The van der Waals surface area contributed by atoms with Gasteiger partial charge >= 0.3 is 5.97 Å². The fourth-order valence-corrected chi connectivity index (χ4v) is 1.76. The molecule has 0 unspecified atom stereocenters. The molecule has 4 heteroatoms. The molecule has 0 atom stereocenters. The van der Waals surface area contributed by atoms with E-state index < -0.39 is 5.97 Å². The van der Waals surface area contributed by atoms with E-state index in [-0.39, 0.29) is 0 Å². The number of carboxylic acids is 1. The van der Waals surface area contributed by atoms with Gasteiger partial charge in [-0.1, -0.05) is 17.8 Å². The molecule has 0 aliphatic carbocycles. The molecule has 0 aromatic heterocycles. The lowest BCUT2D eigenvalue weighted by Gasteiger charge is -2.05. The van der Waals surface area contributed by atoms with Crippen LogP contribution < -0.4 is 0 Å². The Kier molecular flexibility index (Phi) is 3.98. The van der Waals surface area contributed by atoms with Crippen LogP contribution in [0.4, 0.5) is 0 Å². The molecule has 0 radical (unpaired) electrons. The number of carbonyl (C=O) groups is 1. The van der Waals surface area contributed by atoms with Crippen LogP contribution >= 0.6 is 11.8 Å². The number of thioether (sulfide) groups is 1. The number of methoxy groups -OCH3 is 1. The maximum atomic E-state index is 10.7. The first-order valence-electron chi connectivity index (χ1n) is 4.11. The molecular formula is C10H12O3S. The zero-order valence-corrected chi connectivity index (χ0v) is 8.93. The molecule has 0 amide bonds.